The van der Waals surface area contributed by atoms with Crippen molar-refractivity contribution in [3.05, 3.63) is 215 Å². The standard InChI is InChI=1S/C57H54N2O8/c1-55(2,53(60)58-51(41-17-15-37-11-7-9-13-39(37)35-41)56(62,43-19-27-47(64-3)28-20-43)44-21-29-48(65-4)30-22-44)54(61)59-52(42-18-16-38-12-8-10-14-40(38)36-42)57(63,45-23-31-49(66-5)32-24-45)46-25-33-50(67-6)34-26-46/h7-36,51-52,62-63H,1-6H3,(H,58,60)(H,59,61). The second kappa shape index (κ2) is 19.1. The van der Waals surface area contributed by atoms with Crippen molar-refractivity contribution in [3.63, 3.8) is 0 Å². The Morgan fingerprint density at radius 2 is 0.672 bits per heavy atom. The molecule has 8 aromatic carbocycles. The lowest BCUT2D eigenvalue weighted by atomic mass is 9.75. The maximum absolute atomic E-state index is 15.3. The summed E-state index contributed by atoms with van der Waals surface area (Å²) in [5, 5.41) is 37.0. The molecule has 0 aliphatic rings. The molecule has 0 aromatic heterocycles. The first-order valence-corrected chi connectivity index (χ1v) is 22.0. The molecule has 0 bridgehead atoms. The Bertz CT molecular complexity index is 2710. The molecule has 0 aliphatic heterocycles. The molecule has 10 nitrogen and oxygen atoms in total. The first kappa shape index (κ1) is 45.9. The predicted molar refractivity (Wildman–Crippen MR) is 261 cm³/mol. The van der Waals surface area contributed by atoms with Crippen molar-refractivity contribution >= 4 is 33.4 Å². The molecule has 2 amide bonds. The molecule has 4 N–H and O–H groups in total. The zero-order valence-corrected chi connectivity index (χ0v) is 38.3. The molecule has 8 rings (SSSR count). The third-order valence-corrected chi connectivity index (χ3v) is 12.9. The number of methoxy groups -OCH3 is 4. The Morgan fingerprint density at radius 3 is 0.940 bits per heavy atom. The van der Waals surface area contributed by atoms with Crippen LogP contribution in [0.5, 0.6) is 23.0 Å². The van der Waals surface area contributed by atoms with Crippen molar-refractivity contribution in [2.24, 2.45) is 5.41 Å². The van der Waals surface area contributed by atoms with E-state index in [1.807, 2.05) is 84.9 Å². The van der Waals surface area contributed by atoms with Crippen LogP contribution in [-0.4, -0.2) is 50.5 Å². The van der Waals surface area contributed by atoms with Gasteiger partial charge in [0.15, 0.2) is 0 Å². The first-order chi connectivity index (χ1) is 32.3. The van der Waals surface area contributed by atoms with E-state index in [9.17, 15) is 10.2 Å². The highest BCUT2D eigenvalue weighted by Crippen LogP contribution is 2.46. The van der Waals surface area contributed by atoms with Crippen LogP contribution in [-0.2, 0) is 20.8 Å². The summed E-state index contributed by atoms with van der Waals surface area (Å²) in [4.78, 5) is 30.5. The molecule has 2 unspecified atom stereocenters. The summed E-state index contributed by atoms with van der Waals surface area (Å²) in [5.74, 6) is 0.951. The number of carbonyl (C=O) groups excluding carboxylic acids is 2. The average Bonchev–Trinajstić information content (AvgIpc) is 3.38. The smallest absolute Gasteiger partial charge is 0.235 e. The van der Waals surface area contributed by atoms with Crippen LogP contribution >= 0.6 is 0 Å². The summed E-state index contributed by atoms with van der Waals surface area (Å²) in [6.07, 6.45) is 0. The monoisotopic (exact) mass is 894 g/mol. The van der Waals surface area contributed by atoms with Crippen molar-refractivity contribution < 1.29 is 38.7 Å². The highest BCUT2D eigenvalue weighted by molar-refractivity contribution is 6.04. The van der Waals surface area contributed by atoms with Crippen molar-refractivity contribution in [2.75, 3.05) is 28.4 Å². The van der Waals surface area contributed by atoms with E-state index >= 15 is 9.59 Å². The molecule has 67 heavy (non-hydrogen) atoms. The average molecular weight is 895 g/mol. The van der Waals surface area contributed by atoms with Crippen LogP contribution in [0, 0.1) is 5.41 Å². The van der Waals surface area contributed by atoms with E-state index in [0.717, 1.165) is 21.5 Å². The van der Waals surface area contributed by atoms with E-state index in [0.29, 0.717) is 56.4 Å². The minimum absolute atomic E-state index is 0.458. The quantitative estimate of drug-likeness (QED) is 0.0705. The summed E-state index contributed by atoms with van der Waals surface area (Å²) in [6, 6.07) is 52.9. The summed E-state index contributed by atoms with van der Waals surface area (Å²) in [7, 11) is 6.26. The van der Waals surface area contributed by atoms with Crippen LogP contribution < -0.4 is 29.6 Å². The Kier molecular flexibility index (Phi) is 13.0. The second-order valence-electron chi connectivity index (χ2n) is 17.1. The fraction of sp³-hybridized carbons (Fsp3) is 0.193. The van der Waals surface area contributed by atoms with Crippen LogP contribution in [0.4, 0.5) is 0 Å². The SMILES string of the molecule is COc1ccc(C(O)(c2ccc(OC)cc2)C(NC(=O)C(C)(C)C(=O)NC(c2ccc3ccccc3c2)C(O)(c2ccc(OC)cc2)c2ccc(OC)cc2)c2ccc3ccccc3c2)cc1. The van der Waals surface area contributed by atoms with Crippen LogP contribution in [0.3, 0.4) is 0 Å². The molecule has 0 saturated heterocycles. The number of fused-ring (bicyclic) bond motifs is 2. The van der Waals surface area contributed by atoms with E-state index < -0.39 is 40.5 Å². The molecule has 8 aromatic rings. The zero-order chi connectivity index (χ0) is 47.3. The van der Waals surface area contributed by atoms with E-state index in [1.165, 1.54) is 13.8 Å². The number of amides is 2. The van der Waals surface area contributed by atoms with Gasteiger partial charge < -0.3 is 39.8 Å². The van der Waals surface area contributed by atoms with Gasteiger partial charge in [-0.05, 0) is 129 Å². The zero-order valence-electron chi connectivity index (χ0n) is 38.3. The fourth-order valence-corrected chi connectivity index (χ4v) is 8.74. The van der Waals surface area contributed by atoms with Gasteiger partial charge in [-0.3, -0.25) is 9.59 Å². The van der Waals surface area contributed by atoms with E-state index in [1.54, 1.807) is 126 Å². The molecular weight excluding hydrogens is 841 g/mol. The Balaban J connectivity index is 1.25. The topological polar surface area (TPSA) is 136 Å². The van der Waals surface area contributed by atoms with Gasteiger partial charge in [-0.1, -0.05) is 121 Å². The minimum Gasteiger partial charge on any atom is -0.497 e. The Hall–Kier alpha value is -7.66. The third-order valence-electron chi connectivity index (χ3n) is 12.9. The molecule has 0 radical (unpaired) electrons. The number of ether oxygens (including phenoxy) is 4. The largest absolute Gasteiger partial charge is 0.497 e. The van der Waals surface area contributed by atoms with Gasteiger partial charge in [-0.2, -0.15) is 0 Å². The predicted octanol–water partition coefficient (Wildman–Crippen LogP) is 9.94. The van der Waals surface area contributed by atoms with Crippen molar-refractivity contribution in [1.29, 1.82) is 0 Å². The molecule has 0 spiro atoms. The van der Waals surface area contributed by atoms with E-state index in [-0.39, 0.29) is 0 Å². The van der Waals surface area contributed by atoms with Gasteiger partial charge in [0.2, 0.25) is 11.8 Å². The number of hydrogen-bond acceptors (Lipinski definition) is 8. The highest BCUT2D eigenvalue weighted by Gasteiger charge is 2.49. The molecule has 340 valence electrons. The maximum atomic E-state index is 15.3. The third kappa shape index (κ3) is 8.89. The Labute approximate surface area is 390 Å². The fourth-order valence-electron chi connectivity index (χ4n) is 8.74. The molecule has 2 atom stereocenters. The van der Waals surface area contributed by atoms with Gasteiger partial charge in [0.1, 0.15) is 39.6 Å². The number of benzene rings is 8. The van der Waals surface area contributed by atoms with E-state index in [2.05, 4.69) is 10.6 Å². The van der Waals surface area contributed by atoms with Crippen molar-refractivity contribution in [2.45, 2.75) is 37.1 Å². The number of rotatable bonds is 16. The lowest BCUT2D eigenvalue weighted by Crippen LogP contribution is -2.55. The van der Waals surface area contributed by atoms with Gasteiger partial charge in [0, 0.05) is 0 Å². The summed E-state index contributed by atoms with van der Waals surface area (Å²) in [5.41, 5.74) is -2.65. The first-order valence-electron chi connectivity index (χ1n) is 22.0. The number of nitrogens with one attached hydrogen (secondary N) is 2. The highest BCUT2D eigenvalue weighted by atomic mass is 16.5. The Morgan fingerprint density at radius 1 is 0.403 bits per heavy atom. The van der Waals surface area contributed by atoms with Gasteiger partial charge in [0.05, 0.1) is 40.5 Å². The van der Waals surface area contributed by atoms with Crippen molar-refractivity contribution in [3.8, 4) is 23.0 Å². The minimum atomic E-state index is -1.92. The van der Waals surface area contributed by atoms with Gasteiger partial charge in [-0.25, -0.2) is 0 Å². The van der Waals surface area contributed by atoms with Crippen LogP contribution in [0.2, 0.25) is 0 Å². The molecule has 0 heterocycles. The van der Waals surface area contributed by atoms with Gasteiger partial charge in [0.25, 0.3) is 0 Å². The molecular formula is C57H54N2O8. The molecule has 0 saturated carbocycles. The lowest BCUT2D eigenvalue weighted by Gasteiger charge is -2.41. The summed E-state index contributed by atoms with van der Waals surface area (Å²) < 4.78 is 22.0. The van der Waals surface area contributed by atoms with Crippen LogP contribution in [0.15, 0.2) is 182 Å². The summed E-state index contributed by atoms with van der Waals surface area (Å²) in [6.45, 7) is 3.07. The summed E-state index contributed by atoms with van der Waals surface area (Å²) >= 11 is 0. The molecule has 0 fully saturated rings. The number of carbonyl (C=O) groups is 2. The number of aliphatic hydroxyl groups is 2. The van der Waals surface area contributed by atoms with Crippen LogP contribution in [0.1, 0.15) is 59.3 Å². The molecule has 10 heteroatoms. The van der Waals surface area contributed by atoms with Crippen LogP contribution in [0.25, 0.3) is 21.5 Å². The second-order valence-corrected chi connectivity index (χ2v) is 17.1. The molecule has 0 aliphatic carbocycles. The van der Waals surface area contributed by atoms with E-state index in [4.69, 9.17) is 18.9 Å². The number of hydrogen-bond donors (Lipinski definition) is 4. The maximum Gasteiger partial charge on any atom is 0.235 e. The lowest BCUT2D eigenvalue weighted by molar-refractivity contribution is -0.144. The van der Waals surface area contributed by atoms with Crippen molar-refractivity contribution in [1.82, 2.24) is 10.6 Å². The van der Waals surface area contributed by atoms with Gasteiger partial charge >= 0.3 is 0 Å². The normalized spacial score (nSPS) is 12.8. The van der Waals surface area contributed by atoms with Gasteiger partial charge in [-0.15, -0.1) is 0 Å².